The van der Waals surface area contributed by atoms with Crippen LogP contribution in [0.5, 0.6) is 0 Å². The molecule has 1 aromatic rings. The first-order valence-electron chi connectivity index (χ1n) is 5.23. The van der Waals surface area contributed by atoms with Crippen LogP contribution < -0.4 is 5.32 Å². The highest BCUT2D eigenvalue weighted by molar-refractivity contribution is 7.90. The van der Waals surface area contributed by atoms with Gasteiger partial charge in [0.2, 0.25) is 0 Å². The van der Waals surface area contributed by atoms with E-state index in [2.05, 4.69) is 15.3 Å². The third kappa shape index (κ3) is 5.00. The number of hydrogen-bond acceptors (Lipinski definition) is 6. The average Bonchev–Trinajstić information content (AvgIpc) is 2.26. The van der Waals surface area contributed by atoms with Crippen LogP contribution in [0.15, 0.2) is 12.4 Å². The number of carbonyl (C=O) groups excluding carboxylic acids is 1. The van der Waals surface area contributed by atoms with Crippen molar-refractivity contribution in [2.75, 3.05) is 12.0 Å². The molecule has 9 heteroatoms. The molecule has 0 aliphatic heterocycles. The molecule has 0 saturated heterocycles. The van der Waals surface area contributed by atoms with Gasteiger partial charge in [0.1, 0.15) is 15.5 Å². The van der Waals surface area contributed by atoms with Gasteiger partial charge in [-0.15, -0.1) is 0 Å². The van der Waals surface area contributed by atoms with Crippen molar-refractivity contribution < 1.29 is 23.1 Å². The largest absolute Gasteiger partial charge is 0.476 e. The van der Waals surface area contributed by atoms with Crippen LogP contribution in [0.1, 0.15) is 27.9 Å². The molecule has 0 radical (unpaired) electrons. The number of sulfone groups is 1. The minimum absolute atomic E-state index is 0.0784. The molecule has 0 aliphatic rings. The van der Waals surface area contributed by atoms with Gasteiger partial charge in [-0.1, -0.05) is 0 Å². The van der Waals surface area contributed by atoms with Crippen LogP contribution in [0.2, 0.25) is 0 Å². The molecular weight excluding hydrogens is 274 g/mol. The lowest BCUT2D eigenvalue weighted by molar-refractivity contribution is 0.0689. The fourth-order valence-corrected chi connectivity index (χ4v) is 2.34. The number of hydrogen-bond donors (Lipinski definition) is 2. The van der Waals surface area contributed by atoms with Crippen LogP contribution in [-0.2, 0) is 9.84 Å². The van der Waals surface area contributed by atoms with Gasteiger partial charge in [-0.2, -0.15) is 0 Å². The molecule has 8 nitrogen and oxygen atoms in total. The molecule has 0 bridgehead atoms. The number of rotatable bonds is 5. The first kappa shape index (κ1) is 15.0. The molecule has 1 amide bonds. The second-order valence-electron chi connectivity index (χ2n) is 4.06. The van der Waals surface area contributed by atoms with E-state index >= 15 is 0 Å². The second kappa shape index (κ2) is 5.74. The molecule has 104 valence electrons. The summed E-state index contributed by atoms with van der Waals surface area (Å²) in [5.74, 6) is -2.05. The predicted octanol–water partition coefficient (Wildman–Crippen LogP) is -0.662. The molecule has 0 aromatic carbocycles. The molecular formula is C10H13N3O5S. The number of carbonyl (C=O) groups is 2. The van der Waals surface area contributed by atoms with Gasteiger partial charge in [0.05, 0.1) is 18.1 Å². The SMILES string of the molecule is CC(CS(C)(=O)=O)NC(=O)c1cnc(C(=O)O)cn1. The summed E-state index contributed by atoms with van der Waals surface area (Å²) in [5, 5.41) is 11.1. The Bertz CT molecular complexity index is 582. The van der Waals surface area contributed by atoms with Gasteiger partial charge in [0, 0.05) is 12.3 Å². The summed E-state index contributed by atoms with van der Waals surface area (Å²) in [5.41, 5.74) is -0.355. The van der Waals surface area contributed by atoms with Crippen molar-refractivity contribution in [1.82, 2.24) is 15.3 Å². The van der Waals surface area contributed by atoms with E-state index in [0.29, 0.717) is 0 Å². The zero-order valence-electron chi connectivity index (χ0n) is 10.3. The van der Waals surface area contributed by atoms with Crippen LogP contribution in [0.3, 0.4) is 0 Å². The van der Waals surface area contributed by atoms with Crippen LogP contribution in [0, 0.1) is 0 Å². The van der Waals surface area contributed by atoms with Gasteiger partial charge >= 0.3 is 5.97 Å². The standard InChI is InChI=1S/C10H13N3O5S/c1-6(5-19(2,17)18)13-9(14)7-3-12-8(4-11-7)10(15)16/h3-4,6H,5H2,1-2H3,(H,13,14)(H,15,16). The van der Waals surface area contributed by atoms with Crippen molar-refractivity contribution in [1.29, 1.82) is 0 Å². The fraction of sp³-hybridized carbons (Fsp3) is 0.400. The second-order valence-corrected chi connectivity index (χ2v) is 6.24. The van der Waals surface area contributed by atoms with E-state index < -0.39 is 27.8 Å². The summed E-state index contributed by atoms with van der Waals surface area (Å²) in [6, 6.07) is -0.580. The highest BCUT2D eigenvalue weighted by Gasteiger charge is 2.16. The number of nitrogens with one attached hydrogen (secondary N) is 1. The minimum atomic E-state index is -3.20. The predicted molar refractivity (Wildman–Crippen MR) is 65.6 cm³/mol. The summed E-state index contributed by atoms with van der Waals surface area (Å²) < 4.78 is 22.1. The molecule has 19 heavy (non-hydrogen) atoms. The first-order chi connectivity index (χ1) is 8.69. The number of amides is 1. The van der Waals surface area contributed by atoms with E-state index in [1.165, 1.54) is 6.92 Å². The van der Waals surface area contributed by atoms with Crippen molar-refractivity contribution in [2.45, 2.75) is 13.0 Å². The molecule has 2 N–H and O–H groups in total. The van der Waals surface area contributed by atoms with Crippen molar-refractivity contribution in [3.05, 3.63) is 23.8 Å². The molecule has 1 heterocycles. The Labute approximate surface area is 109 Å². The highest BCUT2D eigenvalue weighted by Crippen LogP contribution is 1.98. The quantitative estimate of drug-likeness (QED) is 0.735. The van der Waals surface area contributed by atoms with Crippen molar-refractivity contribution in [3.63, 3.8) is 0 Å². The molecule has 1 atom stereocenters. The van der Waals surface area contributed by atoms with Gasteiger partial charge in [-0.05, 0) is 6.92 Å². The van der Waals surface area contributed by atoms with Crippen molar-refractivity contribution in [2.24, 2.45) is 0 Å². The first-order valence-corrected chi connectivity index (χ1v) is 7.29. The smallest absolute Gasteiger partial charge is 0.356 e. The highest BCUT2D eigenvalue weighted by atomic mass is 32.2. The van der Waals surface area contributed by atoms with Gasteiger partial charge in [0.15, 0.2) is 5.69 Å². The number of aromatic nitrogens is 2. The molecule has 0 fully saturated rings. The Morgan fingerprint density at radius 3 is 2.26 bits per heavy atom. The lowest BCUT2D eigenvalue weighted by atomic mass is 10.3. The molecule has 0 saturated carbocycles. The average molecular weight is 287 g/mol. The Hall–Kier alpha value is -2.03. The van der Waals surface area contributed by atoms with Crippen LogP contribution in [0.25, 0.3) is 0 Å². The van der Waals surface area contributed by atoms with E-state index in [0.717, 1.165) is 18.6 Å². The Kier molecular flexibility index (Phi) is 4.54. The zero-order valence-corrected chi connectivity index (χ0v) is 11.1. The maximum absolute atomic E-state index is 11.7. The normalized spacial score (nSPS) is 12.7. The monoisotopic (exact) mass is 287 g/mol. The minimum Gasteiger partial charge on any atom is -0.476 e. The van der Waals surface area contributed by atoms with Crippen LogP contribution in [0.4, 0.5) is 0 Å². The van der Waals surface area contributed by atoms with Crippen LogP contribution >= 0.6 is 0 Å². The summed E-state index contributed by atoms with van der Waals surface area (Å²) in [6.07, 6.45) is 3.04. The topological polar surface area (TPSA) is 126 Å². The summed E-state index contributed by atoms with van der Waals surface area (Å²) >= 11 is 0. The number of aromatic carboxylic acids is 1. The van der Waals surface area contributed by atoms with E-state index in [9.17, 15) is 18.0 Å². The van der Waals surface area contributed by atoms with Gasteiger partial charge in [-0.3, -0.25) is 4.79 Å². The fourth-order valence-electron chi connectivity index (χ4n) is 1.35. The molecule has 1 unspecified atom stereocenters. The lowest BCUT2D eigenvalue weighted by Crippen LogP contribution is -2.37. The summed E-state index contributed by atoms with van der Waals surface area (Å²) in [7, 11) is -3.20. The molecule has 1 rings (SSSR count). The molecule has 0 spiro atoms. The molecule has 1 aromatic heterocycles. The number of nitrogens with zero attached hydrogens (tertiary/aromatic N) is 2. The van der Waals surface area contributed by atoms with Crippen molar-refractivity contribution in [3.8, 4) is 0 Å². The maximum atomic E-state index is 11.7. The Balaban J connectivity index is 2.70. The van der Waals surface area contributed by atoms with Gasteiger partial charge < -0.3 is 10.4 Å². The maximum Gasteiger partial charge on any atom is 0.356 e. The summed E-state index contributed by atoms with van der Waals surface area (Å²) in [4.78, 5) is 29.4. The van der Waals surface area contributed by atoms with E-state index in [1.54, 1.807) is 0 Å². The summed E-state index contributed by atoms with van der Waals surface area (Å²) in [6.45, 7) is 1.54. The van der Waals surface area contributed by atoms with Gasteiger partial charge in [0.25, 0.3) is 5.91 Å². The third-order valence-electron chi connectivity index (χ3n) is 2.03. The Morgan fingerprint density at radius 2 is 1.84 bits per heavy atom. The van der Waals surface area contributed by atoms with Gasteiger partial charge in [-0.25, -0.2) is 23.2 Å². The Morgan fingerprint density at radius 1 is 1.32 bits per heavy atom. The molecule has 0 aliphatic carbocycles. The van der Waals surface area contributed by atoms with E-state index in [-0.39, 0.29) is 17.1 Å². The number of carboxylic acids is 1. The van der Waals surface area contributed by atoms with Crippen LogP contribution in [-0.4, -0.2) is 53.4 Å². The lowest BCUT2D eigenvalue weighted by Gasteiger charge is -2.11. The zero-order chi connectivity index (χ0) is 14.6. The number of carboxylic acid groups (broad SMARTS) is 1. The van der Waals surface area contributed by atoms with Crippen molar-refractivity contribution >= 4 is 21.7 Å². The van der Waals surface area contributed by atoms with E-state index in [4.69, 9.17) is 5.11 Å². The van der Waals surface area contributed by atoms with E-state index in [1.807, 2.05) is 0 Å². The third-order valence-corrected chi connectivity index (χ3v) is 3.14.